The summed E-state index contributed by atoms with van der Waals surface area (Å²) >= 11 is 11.7. The maximum atomic E-state index is 14.3. The molecule has 154 valence electrons. The molecule has 1 aliphatic rings. The van der Waals surface area contributed by atoms with E-state index in [1.807, 2.05) is 0 Å². The van der Waals surface area contributed by atoms with Crippen LogP contribution >= 0.6 is 23.2 Å². The summed E-state index contributed by atoms with van der Waals surface area (Å²) in [7, 11) is 1.48. The molecule has 0 fully saturated rings. The van der Waals surface area contributed by atoms with Crippen molar-refractivity contribution in [3.8, 4) is 22.8 Å². The number of benzene rings is 2. The second-order valence-electron chi connectivity index (χ2n) is 6.27. The van der Waals surface area contributed by atoms with Gasteiger partial charge in [0.2, 0.25) is 12.2 Å². The van der Waals surface area contributed by atoms with Gasteiger partial charge in [0, 0.05) is 29.4 Å². The van der Waals surface area contributed by atoms with E-state index in [2.05, 4.69) is 15.3 Å². The Kier molecular flexibility index (Phi) is 5.46. The second-order valence-corrected chi connectivity index (χ2v) is 7.11. The molecule has 2 N–H and O–H groups in total. The van der Waals surface area contributed by atoms with Crippen LogP contribution in [0.15, 0.2) is 63.9 Å². The number of oxazole rings is 1. The van der Waals surface area contributed by atoms with Gasteiger partial charge >= 0.3 is 0 Å². The molecule has 2 aromatic carbocycles. The highest BCUT2D eigenvalue weighted by Crippen LogP contribution is 2.38. The predicted octanol–water partition coefficient (Wildman–Crippen LogP) is 4.98. The lowest BCUT2D eigenvalue weighted by molar-refractivity contribution is 0.185. The zero-order valence-electron chi connectivity index (χ0n) is 15.4. The van der Waals surface area contributed by atoms with Crippen molar-refractivity contribution in [2.45, 2.75) is 6.35 Å². The standard InChI is InChI=1S/C20H14Cl2F2N4O2/c1-25-17-15(24)9-28(20(29)26-17)18-16(11-4-7-13(22)14(23)8-11)30-19(27-18)10-2-5-12(21)6-3-10/h2-9,20,29H,1H3,(H,25,26). The molecule has 0 saturated carbocycles. The van der Waals surface area contributed by atoms with Crippen LogP contribution in [0.4, 0.5) is 14.6 Å². The van der Waals surface area contributed by atoms with Crippen molar-refractivity contribution in [2.24, 2.45) is 4.99 Å². The molecule has 0 radical (unpaired) electrons. The van der Waals surface area contributed by atoms with Crippen molar-refractivity contribution >= 4 is 34.9 Å². The number of aliphatic imine (C=N–C) groups is 1. The van der Waals surface area contributed by atoms with Crippen molar-refractivity contribution in [1.82, 2.24) is 10.3 Å². The van der Waals surface area contributed by atoms with Crippen molar-refractivity contribution in [2.75, 3.05) is 11.9 Å². The summed E-state index contributed by atoms with van der Waals surface area (Å²) in [6.45, 7) is 0. The third-order valence-electron chi connectivity index (χ3n) is 4.34. The lowest BCUT2D eigenvalue weighted by Gasteiger charge is -2.26. The Bertz CT molecular complexity index is 1160. The fourth-order valence-corrected chi connectivity index (χ4v) is 3.12. The van der Waals surface area contributed by atoms with Gasteiger partial charge in [-0.3, -0.25) is 4.90 Å². The molecule has 0 saturated heterocycles. The summed E-state index contributed by atoms with van der Waals surface area (Å²) in [5.74, 6) is -1.19. The maximum absolute atomic E-state index is 14.3. The lowest BCUT2D eigenvalue weighted by atomic mass is 10.1. The van der Waals surface area contributed by atoms with Gasteiger partial charge in [0.15, 0.2) is 23.2 Å². The summed E-state index contributed by atoms with van der Waals surface area (Å²) in [5, 5.41) is 13.4. The molecule has 3 aromatic rings. The summed E-state index contributed by atoms with van der Waals surface area (Å²) in [6, 6.07) is 10.7. The quantitative estimate of drug-likeness (QED) is 0.588. The van der Waals surface area contributed by atoms with E-state index in [0.717, 1.165) is 17.2 Å². The van der Waals surface area contributed by atoms with Gasteiger partial charge in [-0.1, -0.05) is 23.2 Å². The first kappa shape index (κ1) is 20.3. The first-order valence-electron chi connectivity index (χ1n) is 8.69. The molecule has 30 heavy (non-hydrogen) atoms. The van der Waals surface area contributed by atoms with Gasteiger partial charge < -0.3 is 14.8 Å². The normalized spacial score (nSPS) is 16.3. The van der Waals surface area contributed by atoms with E-state index in [0.29, 0.717) is 16.1 Å². The number of aromatic nitrogens is 1. The van der Waals surface area contributed by atoms with Crippen LogP contribution < -0.4 is 10.2 Å². The van der Waals surface area contributed by atoms with E-state index in [1.54, 1.807) is 24.3 Å². The van der Waals surface area contributed by atoms with E-state index in [4.69, 9.17) is 27.6 Å². The number of nitrogens with zero attached hydrogens (tertiary/aromatic N) is 3. The fraction of sp³-hybridized carbons (Fsp3) is 0.100. The molecule has 4 rings (SSSR count). The van der Waals surface area contributed by atoms with Crippen molar-refractivity contribution < 1.29 is 18.3 Å². The Hall–Kier alpha value is -2.94. The van der Waals surface area contributed by atoms with Gasteiger partial charge in [0.25, 0.3) is 0 Å². The Morgan fingerprint density at radius 3 is 2.47 bits per heavy atom. The molecule has 0 bridgehead atoms. The van der Waals surface area contributed by atoms with Crippen LogP contribution in [0, 0.1) is 5.82 Å². The molecule has 2 heterocycles. The van der Waals surface area contributed by atoms with E-state index in [9.17, 15) is 13.9 Å². The molecule has 6 nitrogen and oxygen atoms in total. The molecule has 1 unspecified atom stereocenters. The Labute approximate surface area is 180 Å². The fourth-order valence-electron chi connectivity index (χ4n) is 2.87. The number of hydrogen-bond donors (Lipinski definition) is 2. The number of amidine groups is 1. The van der Waals surface area contributed by atoms with E-state index < -0.39 is 18.0 Å². The highest BCUT2D eigenvalue weighted by Gasteiger charge is 2.29. The Morgan fingerprint density at radius 1 is 1.10 bits per heavy atom. The molecule has 0 amide bonds. The van der Waals surface area contributed by atoms with Gasteiger partial charge in [-0.25, -0.2) is 13.8 Å². The van der Waals surface area contributed by atoms with E-state index >= 15 is 0 Å². The number of anilines is 1. The van der Waals surface area contributed by atoms with Gasteiger partial charge in [0.1, 0.15) is 5.82 Å². The number of aliphatic hydroxyl groups excluding tert-OH is 1. The molecule has 1 aliphatic heterocycles. The molecule has 0 aliphatic carbocycles. The third-order valence-corrected chi connectivity index (χ3v) is 4.89. The average molecular weight is 451 g/mol. The van der Waals surface area contributed by atoms with Crippen LogP contribution in [-0.4, -0.2) is 29.3 Å². The zero-order valence-corrected chi connectivity index (χ0v) is 16.9. The highest BCUT2D eigenvalue weighted by atomic mass is 35.5. The first-order chi connectivity index (χ1) is 14.4. The van der Waals surface area contributed by atoms with Gasteiger partial charge in [-0.05, 0) is 42.5 Å². The Morgan fingerprint density at radius 2 is 1.80 bits per heavy atom. The smallest absolute Gasteiger partial charge is 0.232 e. The van der Waals surface area contributed by atoms with E-state index in [1.165, 1.54) is 19.2 Å². The highest BCUT2D eigenvalue weighted by molar-refractivity contribution is 6.31. The lowest BCUT2D eigenvalue weighted by Crippen LogP contribution is -2.37. The first-order valence-corrected chi connectivity index (χ1v) is 9.45. The van der Waals surface area contributed by atoms with Crippen LogP contribution in [0.2, 0.25) is 10.0 Å². The average Bonchev–Trinajstić information content (AvgIpc) is 3.17. The van der Waals surface area contributed by atoms with Crippen molar-refractivity contribution in [3.63, 3.8) is 0 Å². The number of halogens is 4. The molecule has 10 heteroatoms. The van der Waals surface area contributed by atoms with Crippen LogP contribution in [-0.2, 0) is 0 Å². The minimum Gasteiger partial charge on any atom is -0.434 e. The van der Waals surface area contributed by atoms with Gasteiger partial charge in [-0.15, -0.1) is 0 Å². The molecular weight excluding hydrogens is 437 g/mol. The number of hydrogen-bond acceptors (Lipinski definition) is 6. The minimum absolute atomic E-state index is 0.0447. The topological polar surface area (TPSA) is 73.9 Å². The molecular formula is C20H14Cl2F2N4O2. The summed E-state index contributed by atoms with van der Waals surface area (Å²) in [6.07, 6.45) is -0.450. The van der Waals surface area contributed by atoms with Crippen LogP contribution in [0.1, 0.15) is 0 Å². The van der Waals surface area contributed by atoms with Crippen molar-refractivity contribution in [3.05, 3.63) is 70.4 Å². The van der Waals surface area contributed by atoms with Crippen LogP contribution in [0.5, 0.6) is 0 Å². The number of likely N-dealkylation sites (N-methyl/N-ethyl adjacent to an activating group) is 1. The van der Waals surface area contributed by atoms with E-state index in [-0.39, 0.29) is 28.3 Å². The number of rotatable bonds is 3. The number of nitrogens with one attached hydrogen (secondary N) is 1. The van der Waals surface area contributed by atoms with Gasteiger partial charge in [-0.2, -0.15) is 4.98 Å². The van der Waals surface area contributed by atoms with Gasteiger partial charge in [0.05, 0.1) is 5.02 Å². The third kappa shape index (κ3) is 3.77. The predicted molar refractivity (Wildman–Crippen MR) is 112 cm³/mol. The van der Waals surface area contributed by atoms with Crippen LogP contribution in [0.25, 0.3) is 22.8 Å². The molecule has 0 spiro atoms. The molecule has 1 aromatic heterocycles. The molecule has 1 atom stereocenters. The summed E-state index contributed by atoms with van der Waals surface area (Å²) in [5.41, 5.74) is 0.876. The SMILES string of the molecule is CNC1=NC(O)N(c2nc(-c3ccc(Cl)cc3)oc2-c2ccc(Cl)c(F)c2)C=C1F. The minimum atomic E-state index is -1.48. The summed E-state index contributed by atoms with van der Waals surface area (Å²) in [4.78, 5) is 9.33. The largest absolute Gasteiger partial charge is 0.434 e. The maximum Gasteiger partial charge on any atom is 0.232 e. The number of aliphatic hydroxyl groups is 1. The second kappa shape index (κ2) is 8.06. The van der Waals surface area contributed by atoms with Crippen molar-refractivity contribution in [1.29, 1.82) is 0 Å². The zero-order chi connectivity index (χ0) is 21.4. The Balaban J connectivity index is 1.87. The summed E-state index contributed by atoms with van der Waals surface area (Å²) < 4.78 is 34.3. The van der Waals surface area contributed by atoms with Crippen LogP contribution in [0.3, 0.4) is 0 Å². The monoisotopic (exact) mass is 450 g/mol.